The van der Waals surface area contributed by atoms with Crippen molar-refractivity contribution >= 4 is 5.97 Å². The first-order valence-corrected chi connectivity index (χ1v) is 17.7. The summed E-state index contributed by atoms with van der Waals surface area (Å²) in [5.41, 5.74) is -4.83. The lowest BCUT2D eigenvalue weighted by molar-refractivity contribution is -0.458. The van der Waals surface area contributed by atoms with Crippen LogP contribution in [0.4, 0.5) is 0 Å². The number of rotatable bonds is 4. The summed E-state index contributed by atoms with van der Waals surface area (Å²) >= 11 is 0. The van der Waals surface area contributed by atoms with Crippen LogP contribution in [0.3, 0.4) is 0 Å². The van der Waals surface area contributed by atoms with E-state index in [1.165, 1.54) is 0 Å². The quantitative estimate of drug-likeness (QED) is 0.216. The highest BCUT2D eigenvalue weighted by atomic mass is 16.9. The Balaban J connectivity index is 1.37. The van der Waals surface area contributed by atoms with E-state index in [1.807, 2.05) is 19.9 Å². The van der Waals surface area contributed by atoms with E-state index in [1.54, 1.807) is 24.3 Å². The lowest BCUT2D eigenvalue weighted by Gasteiger charge is -2.62. The molecule has 4 aliphatic heterocycles. The molecule has 4 saturated heterocycles. The molecule has 2 spiro atoms. The third-order valence-electron chi connectivity index (χ3n) is 13.7. The minimum Gasteiger partial charge on any atom is -0.455 e. The summed E-state index contributed by atoms with van der Waals surface area (Å²) in [7, 11) is 0. The smallest absolute Gasteiger partial charge is 0.338 e. The van der Waals surface area contributed by atoms with Crippen molar-refractivity contribution in [2.45, 2.75) is 132 Å². The molecule has 0 aromatic heterocycles. The SMILES string of the molecule is C=C(C)[C@]12C[C@@H](C)[C@@]34O[C@@]5(O[C@@H]1[C@@H]3[C@@H]1O[C@]1(CO)[C@@H](O)[C@@]1(O)[C@H]4[C@H]([C@H](C)[C@@H]1OC(=O)c1ccccc1)[C@H](C)CCCCCC[C@H]5O)O2. The third-order valence-corrected chi connectivity index (χ3v) is 13.7. The van der Waals surface area contributed by atoms with Crippen molar-refractivity contribution in [1.82, 2.24) is 0 Å². The normalized spacial score (nSPS) is 54.3. The molecule has 10 nitrogen and oxygen atoms in total. The maximum absolute atomic E-state index is 13.8. The van der Waals surface area contributed by atoms with Gasteiger partial charge in [0.05, 0.1) is 17.8 Å². The van der Waals surface area contributed by atoms with Gasteiger partial charge in [0.1, 0.15) is 47.3 Å². The Kier molecular flexibility index (Phi) is 7.26. The highest BCUT2D eigenvalue weighted by molar-refractivity contribution is 5.89. The number of esters is 1. The first-order valence-electron chi connectivity index (χ1n) is 17.7. The van der Waals surface area contributed by atoms with Gasteiger partial charge in [-0.2, -0.15) is 0 Å². The predicted molar refractivity (Wildman–Crippen MR) is 168 cm³/mol. The van der Waals surface area contributed by atoms with Gasteiger partial charge in [-0.25, -0.2) is 4.79 Å². The van der Waals surface area contributed by atoms with Crippen LogP contribution in [0.25, 0.3) is 0 Å². The van der Waals surface area contributed by atoms with Crippen LogP contribution in [-0.2, 0) is 23.7 Å². The summed E-state index contributed by atoms with van der Waals surface area (Å²) in [4.78, 5) is 13.8. The summed E-state index contributed by atoms with van der Waals surface area (Å²) in [6, 6.07) is 8.65. The highest BCUT2D eigenvalue weighted by Crippen LogP contribution is 2.75. The van der Waals surface area contributed by atoms with Gasteiger partial charge in [0, 0.05) is 11.8 Å². The molecule has 7 fully saturated rings. The molecule has 3 bridgehead atoms. The van der Waals surface area contributed by atoms with E-state index >= 15 is 0 Å². The number of carbonyl (C=O) groups is 1. The van der Waals surface area contributed by atoms with Crippen LogP contribution >= 0.6 is 0 Å². The molecule has 7 aliphatic rings. The molecule has 4 heterocycles. The van der Waals surface area contributed by atoms with E-state index in [0.717, 1.165) is 37.7 Å². The second-order valence-electron chi connectivity index (χ2n) is 16.0. The number of fused-ring (bicyclic) bond motifs is 1. The zero-order chi connectivity index (χ0) is 33.3. The molecular weight excluding hydrogens is 604 g/mol. The fourth-order valence-electron chi connectivity index (χ4n) is 11.6. The fourth-order valence-corrected chi connectivity index (χ4v) is 11.6. The highest BCUT2D eigenvalue weighted by Gasteiger charge is 2.90. The molecule has 8 rings (SSSR count). The number of aliphatic hydroxyl groups is 4. The first kappa shape index (κ1) is 32.3. The van der Waals surface area contributed by atoms with Crippen molar-refractivity contribution in [2.24, 2.45) is 35.5 Å². The Morgan fingerprint density at radius 1 is 1.00 bits per heavy atom. The monoisotopic (exact) mass is 654 g/mol. The van der Waals surface area contributed by atoms with E-state index < -0.39 is 89.2 Å². The summed E-state index contributed by atoms with van der Waals surface area (Å²) in [6.07, 6.45) is 0.0237. The molecule has 16 atom stereocenters. The van der Waals surface area contributed by atoms with Gasteiger partial charge >= 0.3 is 11.9 Å². The van der Waals surface area contributed by atoms with Gasteiger partial charge in [-0.15, -0.1) is 0 Å². The van der Waals surface area contributed by atoms with Gasteiger partial charge in [0.25, 0.3) is 0 Å². The maximum Gasteiger partial charge on any atom is 0.338 e. The minimum atomic E-state index is -2.09. The standard InChI is InChI=1S/C37H50O10/c1-19(2)33-17-21(4)36-26-29(33)45-37(46-33,47-36)24(39)16-12-7-6-9-13-20(3)25-22(5)28(43-31(40)23-14-10-8-11-15-23)35(42,27(25)36)32(41)34(18-38)30(26)44-34/h8,10-11,14-15,20-22,24-30,32,38-39,41-42H,1,6-7,9,12-13,16-18H2,2-5H3/t20-,21-,22+,24-,25+,26-,27-,28+,29-,30+,32-,33-,34+,35-,36-,37+/m1/s1. The van der Waals surface area contributed by atoms with Crippen LogP contribution < -0.4 is 0 Å². The molecule has 0 unspecified atom stereocenters. The second kappa shape index (κ2) is 10.6. The van der Waals surface area contributed by atoms with Crippen molar-refractivity contribution in [1.29, 1.82) is 0 Å². The van der Waals surface area contributed by atoms with Crippen LogP contribution in [-0.4, -0.2) is 91.9 Å². The van der Waals surface area contributed by atoms with Gasteiger partial charge in [-0.1, -0.05) is 77.7 Å². The number of ether oxygens (including phenoxy) is 5. The van der Waals surface area contributed by atoms with Gasteiger partial charge in [0.15, 0.2) is 0 Å². The minimum absolute atomic E-state index is 0.0521. The van der Waals surface area contributed by atoms with E-state index in [0.29, 0.717) is 18.4 Å². The number of carbonyl (C=O) groups excluding carboxylic acids is 1. The van der Waals surface area contributed by atoms with Gasteiger partial charge in [-0.3, -0.25) is 0 Å². The summed E-state index contributed by atoms with van der Waals surface area (Å²) in [5.74, 6) is -4.73. The Hall–Kier alpha value is -1.89. The van der Waals surface area contributed by atoms with Crippen molar-refractivity contribution in [3.63, 3.8) is 0 Å². The third kappa shape index (κ3) is 3.93. The molecule has 3 aliphatic carbocycles. The first-order chi connectivity index (χ1) is 22.3. The molecule has 258 valence electrons. The van der Waals surface area contributed by atoms with Crippen molar-refractivity contribution in [3.8, 4) is 0 Å². The topological polar surface area (TPSA) is 147 Å². The van der Waals surface area contributed by atoms with Gasteiger partial charge in [0.2, 0.25) is 0 Å². The zero-order valence-corrected chi connectivity index (χ0v) is 27.8. The lowest BCUT2D eigenvalue weighted by Crippen LogP contribution is -2.74. The number of hydrogen-bond donors (Lipinski definition) is 4. The average molecular weight is 655 g/mol. The van der Waals surface area contributed by atoms with Crippen LogP contribution in [0.2, 0.25) is 0 Å². The Labute approximate surface area is 276 Å². The Morgan fingerprint density at radius 3 is 2.38 bits per heavy atom. The largest absolute Gasteiger partial charge is 0.455 e. The average Bonchev–Trinajstić information content (AvgIpc) is 3.69. The van der Waals surface area contributed by atoms with Crippen molar-refractivity contribution in [3.05, 3.63) is 48.0 Å². The zero-order valence-electron chi connectivity index (χ0n) is 27.8. The molecule has 1 aromatic carbocycles. The van der Waals surface area contributed by atoms with E-state index in [-0.39, 0.29) is 17.8 Å². The molecule has 3 saturated carbocycles. The molecule has 0 radical (unpaired) electrons. The Bertz CT molecular complexity index is 1440. The fraction of sp³-hybridized carbons (Fsp3) is 0.757. The summed E-state index contributed by atoms with van der Waals surface area (Å²) in [5, 5.41) is 48.9. The maximum atomic E-state index is 13.8. The molecule has 1 aromatic rings. The van der Waals surface area contributed by atoms with Crippen LogP contribution in [0.5, 0.6) is 0 Å². The molecule has 47 heavy (non-hydrogen) atoms. The molecule has 10 heteroatoms. The molecule has 0 amide bonds. The van der Waals surface area contributed by atoms with Gasteiger partial charge < -0.3 is 44.1 Å². The van der Waals surface area contributed by atoms with Crippen molar-refractivity contribution < 1.29 is 48.9 Å². The number of aliphatic hydroxyl groups excluding tert-OH is 3. The van der Waals surface area contributed by atoms with Gasteiger partial charge in [-0.05, 0) is 61.1 Å². The lowest BCUT2D eigenvalue weighted by atomic mass is 9.51. The Morgan fingerprint density at radius 2 is 1.70 bits per heavy atom. The number of hydrogen-bond acceptors (Lipinski definition) is 10. The second-order valence-corrected chi connectivity index (χ2v) is 16.0. The van der Waals surface area contributed by atoms with E-state index in [9.17, 15) is 25.2 Å². The molecule has 4 N–H and O–H groups in total. The summed E-state index contributed by atoms with van der Waals surface area (Å²) < 4.78 is 33.7. The summed E-state index contributed by atoms with van der Waals surface area (Å²) in [6.45, 7) is 11.9. The van der Waals surface area contributed by atoms with E-state index in [2.05, 4.69) is 20.4 Å². The van der Waals surface area contributed by atoms with Crippen LogP contribution in [0.1, 0.15) is 83.0 Å². The number of epoxide rings is 1. The van der Waals surface area contributed by atoms with Crippen LogP contribution in [0, 0.1) is 35.5 Å². The van der Waals surface area contributed by atoms with E-state index in [4.69, 9.17) is 23.7 Å². The van der Waals surface area contributed by atoms with Crippen LogP contribution in [0.15, 0.2) is 42.5 Å². The number of benzene rings is 1. The molecular formula is C37H50O10. The van der Waals surface area contributed by atoms with Crippen molar-refractivity contribution in [2.75, 3.05) is 6.61 Å². The predicted octanol–water partition coefficient (Wildman–Crippen LogP) is 3.49.